The van der Waals surface area contributed by atoms with Gasteiger partial charge in [-0.25, -0.2) is 4.79 Å². The molecular weight excluding hydrogens is 258 g/mol. The summed E-state index contributed by atoms with van der Waals surface area (Å²) in [6, 6.07) is 0. The smallest absolute Gasteiger partial charge is 0.356 e. The summed E-state index contributed by atoms with van der Waals surface area (Å²) in [4.78, 5) is 11.3. The average molecular weight is 285 g/mol. The van der Waals surface area contributed by atoms with Crippen molar-refractivity contribution in [3.63, 3.8) is 0 Å². The molecule has 0 fully saturated rings. The van der Waals surface area contributed by atoms with Crippen molar-refractivity contribution in [1.82, 2.24) is 0 Å². The summed E-state index contributed by atoms with van der Waals surface area (Å²) in [7, 11) is -1.82. The third-order valence-electron chi connectivity index (χ3n) is 3.32. The Morgan fingerprint density at radius 1 is 1.37 bits per heavy atom. The fourth-order valence-corrected chi connectivity index (χ4v) is 2.55. The number of rotatable bonds is 6. The molecule has 0 saturated heterocycles. The first-order valence-corrected chi connectivity index (χ1v) is 9.53. The molecule has 0 spiro atoms. The van der Waals surface area contributed by atoms with Crippen LogP contribution in [0.1, 0.15) is 34.6 Å². The Bertz CT molecular complexity index is 356. The maximum atomic E-state index is 11.3. The molecule has 0 saturated carbocycles. The molecule has 0 aliphatic rings. The van der Waals surface area contributed by atoms with Gasteiger partial charge in [-0.2, -0.15) is 0 Å². The summed E-state index contributed by atoms with van der Waals surface area (Å²) in [6.07, 6.45) is 3.07. The first-order chi connectivity index (χ1) is 8.51. The SMILES string of the molecule is CCOC(=O)C(=N)/C=C/C(C)O[Si](C)(C)C(C)(C)C. The average Bonchev–Trinajstić information content (AvgIpc) is 2.24. The van der Waals surface area contributed by atoms with Crippen LogP contribution in [0, 0.1) is 5.41 Å². The minimum Gasteiger partial charge on any atom is -0.461 e. The van der Waals surface area contributed by atoms with Gasteiger partial charge in [0.2, 0.25) is 0 Å². The van der Waals surface area contributed by atoms with Gasteiger partial charge in [-0.3, -0.25) is 5.41 Å². The Labute approximate surface area is 117 Å². The quantitative estimate of drug-likeness (QED) is 0.461. The van der Waals surface area contributed by atoms with E-state index >= 15 is 0 Å². The van der Waals surface area contributed by atoms with Crippen LogP contribution < -0.4 is 0 Å². The largest absolute Gasteiger partial charge is 0.461 e. The highest BCUT2D eigenvalue weighted by atomic mass is 28.4. The Morgan fingerprint density at radius 3 is 2.32 bits per heavy atom. The first kappa shape index (κ1) is 18.1. The van der Waals surface area contributed by atoms with E-state index in [0.717, 1.165) is 0 Å². The lowest BCUT2D eigenvalue weighted by Crippen LogP contribution is -2.42. The second-order valence-electron chi connectivity index (χ2n) is 6.08. The molecule has 4 nitrogen and oxygen atoms in total. The molecule has 1 unspecified atom stereocenters. The summed E-state index contributed by atoms with van der Waals surface area (Å²) in [6.45, 7) is 14.8. The van der Waals surface area contributed by atoms with Crippen molar-refractivity contribution in [3.05, 3.63) is 12.2 Å². The zero-order valence-corrected chi connectivity index (χ0v) is 14.2. The van der Waals surface area contributed by atoms with Gasteiger partial charge in [-0.05, 0) is 38.1 Å². The van der Waals surface area contributed by atoms with Gasteiger partial charge >= 0.3 is 5.97 Å². The molecule has 0 aromatic carbocycles. The van der Waals surface area contributed by atoms with Crippen LogP contribution >= 0.6 is 0 Å². The second-order valence-corrected chi connectivity index (χ2v) is 10.8. The molecule has 0 rings (SSSR count). The van der Waals surface area contributed by atoms with Gasteiger partial charge in [0, 0.05) is 0 Å². The lowest BCUT2D eigenvalue weighted by molar-refractivity contribution is -0.135. The molecule has 0 amide bonds. The van der Waals surface area contributed by atoms with E-state index in [1.54, 1.807) is 13.0 Å². The lowest BCUT2D eigenvalue weighted by atomic mass is 10.2. The Balaban J connectivity index is 4.51. The van der Waals surface area contributed by atoms with Crippen LogP contribution in [0.5, 0.6) is 0 Å². The molecule has 0 aromatic heterocycles. The van der Waals surface area contributed by atoms with E-state index in [2.05, 4.69) is 33.9 Å². The van der Waals surface area contributed by atoms with Crippen LogP contribution in [-0.4, -0.2) is 32.7 Å². The van der Waals surface area contributed by atoms with Crippen molar-refractivity contribution in [2.24, 2.45) is 0 Å². The van der Waals surface area contributed by atoms with E-state index < -0.39 is 14.3 Å². The highest BCUT2D eigenvalue weighted by molar-refractivity contribution is 6.74. The van der Waals surface area contributed by atoms with Gasteiger partial charge in [0.05, 0.1) is 12.7 Å². The van der Waals surface area contributed by atoms with Crippen LogP contribution in [0.25, 0.3) is 0 Å². The molecule has 0 radical (unpaired) electrons. The number of esters is 1. The minimum atomic E-state index is -1.82. The number of carbonyl (C=O) groups is 1. The Morgan fingerprint density at radius 2 is 1.89 bits per heavy atom. The van der Waals surface area contributed by atoms with E-state index in [4.69, 9.17) is 14.6 Å². The number of ether oxygens (including phenoxy) is 1. The van der Waals surface area contributed by atoms with Crippen LogP contribution in [0.2, 0.25) is 18.1 Å². The van der Waals surface area contributed by atoms with E-state index in [-0.39, 0.29) is 23.5 Å². The summed E-state index contributed by atoms with van der Waals surface area (Å²) < 4.78 is 10.8. The topological polar surface area (TPSA) is 59.4 Å². The third-order valence-corrected chi connectivity index (χ3v) is 7.89. The zero-order valence-electron chi connectivity index (χ0n) is 13.2. The van der Waals surface area contributed by atoms with Crippen LogP contribution in [0.4, 0.5) is 0 Å². The third kappa shape index (κ3) is 6.16. The van der Waals surface area contributed by atoms with Crippen molar-refractivity contribution in [1.29, 1.82) is 5.41 Å². The Kier molecular flexibility index (Phi) is 6.66. The highest BCUT2D eigenvalue weighted by Gasteiger charge is 2.38. The van der Waals surface area contributed by atoms with Gasteiger partial charge in [0.1, 0.15) is 5.71 Å². The normalized spacial score (nSPS) is 14.5. The van der Waals surface area contributed by atoms with E-state index in [1.807, 2.05) is 6.92 Å². The molecule has 1 atom stereocenters. The predicted molar refractivity (Wildman–Crippen MR) is 81.2 cm³/mol. The fraction of sp³-hybridized carbons (Fsp3) is 0.714. The van der Waals surface area contributed by atoms with Crippen LogP contribution in [-0.2, 0) is 14.0 Å². The summed E-state index contributed by atoms with van der Waals surface area (Å²) in [5.41, 5.74) is -0.146. The van der Waals surface area contributed by atoms with Crippen molar-refractivity contribution in [2.45, 2.75) is 58.9 Å². The molecule has 0 heterocycles. The first-order valence-electron chi connectivity index (χ1n) is 6.63. The summed E-state index contributed by atoms with van der Waals surface area (Å²) in [5.74, 6) is -0.599. The summed E-state index contributed by atoms with van der Waals surface area (Å²) >= 11 is 0. The lowest BCUT2D eigenvalue weighted by Gasteiger charge is -2.37. The molecule has 0 bridgehead atoms. The molecule has 1 N–H and O–H groups in total. The monoisotopic (exact) mass is 285 g/mol. The van der Waals surface area contributed by atoms with E-state index in [9.17, 15) is 4.79 Å². The van der Waals surface area contributed by atoms with Gasteiger partial charge in [0.25, 0.3) is 0 Å². The van der Waals surface area contributed by atoms with Crippen LogP contribution in [0.15, 0.2) is 12.2 Å². The van der Waals surface area contributed by atoms with Crippen molar-refractivity contribution >= 4 is 20.0 Å². The molecule has 110 valence electrons. The molecule has 0 aromatic rings. The maximum Gasteiger partial charge on any atom is 0.356 e. The molecule has 5 heteroatoms. The molecule has 19 heavy (non-hydrogen) atoms. The molecule has 0 aliphatic carbocycles. The minimum absolute atomic E-state index is 0.115. The predicted octanol–water partition coefficient (Wildman–Crippen LogP) is 3.54. The van der Waals surface area contributed by atoms with Gasteiger partial charge in [0.15, 0.2) is 8.32 Å². The fourth-order valence-electron chi connectivity index (χ4n) is 1.19. The van der Waals surface area contributed by atoms with Gasteiger partial charge < -0.3 is 9.16 Å². The van der Waals surface area contributed by atoms with Crippen molar-refractivity contribution in [2.75, 3.05) is 6.61 Å². The molecular formula is C14H27NO3Si. The zero-order chi connectivity index (χ0) is 15.3. The van der Waals surface area contributed by atoms with Gasteiger partial charge in [-0.1, -0.05) is 26.8 Å². The van der Waals surface area contributed by atoms with Crippen molar-refractivity contribution < 1.29 is 14.0 Å². The number of hydrogen-bond donors (Lipinski definition) is 1. The van der Waals surface area contributed by atoms with Crippen LogP contribution in [0.3, 0.4) is 0 Å². The summed E-state index contributed by atoms with van der Waals surface area (Å²) in [5, 5.41) is 7.68. The van der Waals surface area contributed by atoms with E-state index in [1.165, 1.54) is 6.08 Å². The maximum absolute atomic E-state index is 11.3. The van der Waals surface area contributed by atoms with Gasteiger partial charge in [-0.15, -0.1) is 0 Å². The number of nitrogens with one attached hydrogen (secondary N) is 1. The molecule has 0 aliphatic heterocycles. The number of hydrogen-bond acceptors (Lipinski definition) is 4. The number of carbonyl (C=O) groups excluding carboxylic acids is 1. The Hall–Kier alpha value is -0.943. The standard InChI is InChI=1S/C14H27NO3Si/c1-8-17-13(16)12(15)10-9-11(2)18-19(6,7)14(3,4)5/h9-11,15H,8H2,1-7H3/b10-9+,15-12?. The van der Waals surface area contributed by atoms with E-state index in [0.29, 0.717) is 0 Å². The second kappa shape index (κ2) is 7.00. The van der Waals surface area contributed by atoms with Crippen molar-refractivity contribution in [3.8, 4) is 0 Å². The highest BCUT2D eigenvalue weighted by Crippen LogP contribution is 2.37.